The maximum atomic E-state index is 5.65. The number of allylic oxidation sites excluding steroid dienone is 1. The quantitative estimate of drug-likeness (QED) is 0.487. The zero-order valence-corrected chi connectivity index (χ0v) is 10.5. The Balaban J connectivity index is 2.36. The topological polar surface area (TPSA) is 9.23 Å². The lowest BCUT2D eigenvalue weighted by Gasteiger charge is -2.06. The highest BCUT2D eigenvalue weighted by molar-refractivity contribution is 5.29. The molecule has 1 aromatic carbocycles. The summed E-state index contributed by atoms with van der Waals surface area (Å²) in [6, 6.07) is 8.32. The SMILES string of the molecule is C=C(C)Cc1ccc(OCCCCC)cc1. The molecule has 0 aromatic heterocycles. The van der Waals surface area contributed by atoms with Crippen molar-refractivity contribution in [3.05, 3.63) is 42.0 Å². The van der Waals surface area contributed by atoms with Crippen LogP contribution in [0.15, 0.2) is 36.4 Å². The summed E-state index contributed by atoms with van der Waals surface area (Å²) in [5, 5.41) is 0. The van der Waals surface area contributed by atoms with E-state index >= 15 is 0 Å². The van der Waals surface area contributed by atoms with Gasteiger partial charge in [0.15, 0.2) is 0 Å². The van der Waals surface area contributed by atoms with Crippen LogP contribution in [0.25, 0.3) is 0 Å². The van der Waals surface area contributed by atoms with Crippen LogP contribution in [-0.2, 0) is 6.42 Å². The summed E-state index contributed by atoms with van der Waals surface area (Å²) in [4.78, 5) is 0. The van der Waals surface area contributed by atoms with E-state index in [0.29, 0.717) is 0 Å². The molecule has 0 fully saturated rings. The molecule has 0 aliphatic carbocycles. The highest BCUT2D eigenvalue weighted by atomic mass is 16.5. The second-order valence-corrected chi connectivity index (χ2v) is 4.33. The summed E-state index contributed by atoms with van der Waals surface area (Å²) in [6.07, 6.45) is 4.58. The molecule has 88 valence electrons. The Morgan fingerprint density at radius 1 is 1.19 bits per heavy atom. The molecule has 1 aromatic rings. The summed E-state index contributed by atoms with van der Waals surface area (Å²) in [5.74, 6) is 0.974. The van der Waals surface area contributed by atoms with Crippen LogP contribution in [-0.4, -0.2) is 6.61 Å². The van der Waals surface area contributed by atoms with Gasteiger partial charge < -0.3 is 4.74 Å². The molecule has 0 heterocycles. The van der Waals surface area contributed by atoms with Crippen molar-refractivity contribution < 1.29 is 4.74 Å². The van der Waals surface area contributed by atoms with E-state index in [0.717, 1.165) is 25.2 Å². The smallest absolute Gasteiger partial charge is 0.119 e. The highest BCUT2D eigenvalue weighted by Crippen LogP contribution is 2.14. The summed E-state index contributed by atoms with van der Waals surface area (Å²) in [6.45, 7) is 8.99. The fraction of sp³-hybridized carbons (Fsp3) is 0.467. The number of benzene rings is 1. The molecule has 0 aliphatic heterocycles. The van der Waals surface area contributed by atoms with Gasteiger partial charge in [-0.15, -0.1) is 0 Å². The van der Waals surface area contributed by atoms with E-state index in [1.165, 1.54) is 24.0 Å². The summed E-state index contributed by atoms with van der Waals surface area (Å²) in [5.41, 5.74) is 2.49. The Morgan fingerprint density at radius 3 is 2.44 bits per heavy atom. The first-order valence-corrected chi connectivity index (χ1v) is 6.08. The predicted octanol–water partition coefficient (Wildman–Crippen LogP) is 4.37. The van der Waals surface area contributed by atoms with E-state index in [1.807, 2.05) is 12.1 Å². The van der Waals surface area contributed by atoms with E-state index < -0.39 is 0 Å². The van der Waals surface area contributed by atoms with Crippen LogP contribution in [0.4, 0.5) is 0 Å². The maximum Gasteiger partial charge on any atom is 0.119 e. The van der Waals surface area contributed by atoms with Crippen molar-refractivity contribution in [1.82, 2.24) is 0 Å². The van der Waals surface area contributed by atoms with Gasteiger partial charge in [-0.25, -0.2) is 0 Å². The minimum atomic E-state index is 0.827. The van der Waals surface area contributed by atoms with E-state index in [1.54, 1.807) is 0 Å². The van der Waals surface area contributed by atoms with Gasteiger partial charge in [-0.1, -0.05) is 44.1 Å². The van der Waals surface area contributed by atoms with E-state index in [4.69, 9.17) is 4.74 Å². The number of rotatable bonds is 7. The van der Waals surface area contributed by atoms with Crippen molar-refractivity contribution in [2.75, 3.05) is 6.61 Å². The monoisotopic (exact) mass is 218 g/mol. The lowest BCUT2D eigenvalue weighted by atomic mass is 10.1. The van der Waals surface area contributed by atoms with Crippen molar-refractivity contribution in [2.24, 2.45) is 0 Å². The summed E-state index contributed by atoms with van der Waals surface area (Å²) in [7, 11) is 0. The fourth-order valence-electron chi connectivity index (χ4n) is 1.59. The van der Waals surface area contributed by atoms with Crippen molar-refractivity contribution in [1.29, 1.82) is 0 Å². The number of unbranched alkanes of at least 4 members (excludes halogenated alkanes) is 2. The zero-order chi connectivity index (χ0) is 11.8. The van der Waals surface area contributed by atoms with Crippen LogP contribution in [0, 0.1) is 0 Å². The Labute approximate surface area is 99.1 Å². The third kappa shape index (κ3) is 5.01. The van der Waals surface area contributed by atoms with E-state index in [-0.39, 0.29) is 0 Å². The van der Waals surface area contributed by atoms with Crippen molar-refractivity contribution in [2.45, 2.75) is 39.5 Å². The fourth-order valence-corrected chi connectivity index (χ4v) is 1.59. The average Bonchev–Trinajstić information content (AvgIpc) is 2.26. The second-order valence-electron chi connectivity index (χ2n) is 4.33. The lowest BCUT2D eigenvalue weighted by Crippen LogP contribution is -1.97. The van der Waals surface area contributed by atoms with Gasteiger partial charge in [0, 0.05) is 0 Å². The van der Waals surface area contributed by atoms with Gasteiger partial charge in [-0.05, 0) is 37.5 Å². The minimum Gasteiger partial charge on any atom is -0.494 e. The van der Waals surface area contributed by atoms with Crippen molar-refractivity contribution >= 4 is 0 Å². The first-order valence-electron chi connectivity index (χ1n) is 6.08. The van der Waals surface area contributed by atoms with Crippen molar-refractivity contribution in [3.8, 4) is 5.75 Å². The molecule has 0 spiro atoms. The van der Waals surface area contributed by atoms with Gasteiger partial charge >= 0.3 is 0 Å². The van der Waals surface area contributed by atoms with Gasteiger partial charge in [-0.3, -0.25) is 0 Å². The summed E-state index contributed by atoms with van der Waals surface area (Å²) >= 11 is 0. The van der Waals surface area contributed by atoms with Gasteiger partial charge in [0.1, 0.15) is 5.75 Å². The Bertz CT molecular complexity index is 311. The minimum absolute atomic E-state index is 0.827. The molecule has 16 heavy (non-hydrogen) atoms. The van der Waals surface area contributed by atoms with Gasteiger partial charge in [0.05, 0.1) is 6.61 Å². The van der Waals surface area contributed by atoms with Crippen LogP contribution in [0.3, 0.4) is 0 Å². The first kappa shape index (κ1) is 12.8. The predicted molar refractivity (Wildman–Crippen MR) is 70.0 cm³/mol. The highest BCUT2D eigenvalue weighted by Gasteiger charge is 1.96. The largest absolute Gasteiger partial charge is 0.494 e. The first-order chi connectivity index (χ1) is 7.72. The molecular weight excluding hydrogens is 196 g/mol. The normalized spacial score (nSPS) is 10.1. The lowest BCUT2D eigenvalue weighted by molar-refractivity contribution is 0.306. The number of ether oxygens (including phenoxy) is 1. The van der Waals surface area contributed by atoms with Crippen LogP contribution in [0.5, 0.6) is 5.75 Å². The molecule has 0 saturated heterocycles. The molecule has 0 N–H and O–H groups in total. The van der Waals surface area contributed by atoms with Gasteiger partial charge in [0.2, 0.25) is 0 Å². The molecule has 1 heteroatoms. The Hall–Kier alpha value is -1.24. The molecule has 1 nitrogen and oxygen atoms in total. The van der Waals surface area contributed by atoms with Crippen LogP contribution in [0.2, 0.25) is 0 Å². The van der Waals surface area contributed by atoms with E-state index in [2.05, 4.69) is 32.6 Å². The number of hydrogen-bond acceptors (Lipinski definition) is 1. The van der Waals surface area contributed by atoms with Crippen LogP contribution < -0.4 is 4.74 Å². The molecule has 0 aliphatic rings. The molecule has 0 bridgehead atoms. The Kier molecular flexibility index (Phi) is 5.69. The van der Waals surface area contributed by atoms with Crippen LogP contribution in [0.1, 0.15) is 38.7 Å². The van der Waals surface area contributed by atoms with Crippen LogP contribution >= 0.6 is 0 Å². The maximum absolute atomic E-state index is 5.65. The summed E-state index contributed by atoms with van der Waals surface area (Å²) < 4.78 is 5.65. The molecular formula is C15H22O. The van der Waals surface area contributed by atoms with Gasteiger partial charge in [-0.2, -0.15) is 0 Å². The zero-order valence-electron chi connectivity index (χ0n) is 10.5. The standard InChI is InChI=1S/C15H22O/c1-4-5-6-11-16-15-9-7-14(8-10-15)12-13(2)3/h7-10H,2,4-6,11-12H2,1,3H3. The third-order valence-electron chi connectivity index (χ3n) is 2.45. The van der Waals surface area contributed by atoms with E-state index in [9.17, 15) is 0 Å². The second kappa shape index (κ2) is 7.10. The molecule has 0 amide bonds. The molecule has 0 radical (unpaired) electrons. The van der Waals surface area contributed by atoms with Gasteiger partial charge in [0.25, 0.3) is 0 Å². The average molecular weight is 218 g/mol. The molecule has 0 saturated carbocycles. The van der Waals surface area contributed by atoms with Crippen molar-refractivity contribution in [3.63, 3.8) is 0 Å². The molecule has 1 rings (SSSR count). The number of hydrogen-bond donors (Lipinski definition) is 0. The third-order valence-corrected chi connectivity index (χ3v) is 2.45. The molecule has 0 atom stereocenters. The molecule has 0 unspecified atom stereocenters. The Morgan fingerprint density at radius 2 is 1.88 bits per heavy atom.